The number of aromatic nitrogens is 2. The lowest BCUT2D eigenvalue weighted by atomic mass is 10.1. The quantitative estimate of drug-likeness (QED) is 0.833. The largest absolute Gasteiger partial charge is 0.497 e. The molecule has 0 bridgehead atoms. The predicted octanol–water partition coefficient (Wildman–Crippen LogP) is 1.90. The van der Waals surface area contributed by atoms with Gasteiger partial charge in [-0.15, -0.1) is 0 Å². The number of hydrogen-bond acceptors (Lipinski definition) is 4. The molecule has 0 unspecified atom stereocenters. The second kappa shape index (κ2) is 6.24. The second-order valence-electron chi connectivity index (χ2n) is 4.37. The summed E-state index contributed by atoms with van der Waals surface area (Å²) in [6.45, 7) is 0.976. The zero-order valence-corrected chi connectivity index (χ0v) is 11.3. The number of nitrogens with zero attached hydrogens (tertiary/aromatic N) is 2. The molecule has 0 radical (unpaired) electrons. The molecule has 0 aliphatic carbocycles. The number of H-pyrrole nitrogens is 1. The van der Waals surface area contributed by atoms with Crippen molar-refractivity contribution in [2.24, 2.45) is 0 Å². The number of nitrogens with one attached hydrogen (secondary N) is 1. The molecule has 1 aromatic heterocycles. The van der Waals surface area contributed by atoms with E-state index in [2.05, 4.69) is 10.2 Å². The highest BCUT2D eigenvalue weighted by molar-refractivity contribution is 5.63. The van der Waals surface area contributed by atoms with Crippen molar-refractivity contribution in [1.29, 1.82) is 0 Å². The van der Waals surface area contributed by atoms with Gasteiger partial charge in [0.2, 0.25) is 0 Å². The van der Waals surface area contributed by atoms with Crippen LogP contribution < -0.4 is 9.64 Å². The van der Waals surface area contributed by atoms with Crippen LogP contribution in [0.3, 0.4) is 0 Å². The zero-order valence-electron chi connectivity index (χ0n) is 11.3. The molecule has 2 N–H and O–H groups in total. The molecule has 0 aliphatic rings. The summed E-state index contributed by atoms with van der Waals surface area (Å²) in [6.07, 6.45) is 0.737. The van der Waals surface area contributed by atoms with Crippen molar-refractivity contribution in [2.45, 2.75) is 6.42 Å². The van der Waals surface area contributed by atoms with E-state index >= 15 is 0 Å². The Balaban J connectivity index is 2.11. The Morgan fingerprint density at radius 1 is 1.32 bits per heavy atom. The van der Waals surface area contributed by atoms with Gasteiger partial charge in [-0.05, 0) is 36.2 Å². The molecule has 102 valence electrons. The number of aliphatic hydroxyl groups is 1. The summed E-state index contributed by atoms with van der Waals surface area (Å²) in [5.74, 6) is 1.71. The molecule has 2 rings (SSSR count). The fourth-order valence-electron chi connectivity index (χ4n) is 1.85. The van der Waals surface area contributed by atoms with Crippen LogP contribution in [0.2, 0.25) is 0 Å². The Labute approximate surface area is 112 Å². The van der Waals surface area contributed by atoms with Crippen molar-refractivity contribution in [3.8, 4) is 17.0 Å². The minimum atomic E-state index is 0.195. The number of ether oxygens (including phenoxy) is 1. The molecule has 0 spiro atoms. The van der Waals surface area contributed by atoms with Crippen molar-refractivity contribution >= 4 is 5.82 Å². The fourth-order valence-corrected chi connectivity index (χ4v) is 1.85. The van der Waals surface area contributed by atoms with Crippen LogP contribution in [0.25, 0.3) is 11.3 Å². The van der Waals surface area contributed by atoms with E-state index in [0.29, 0.717) is 0 Å². The minimum absolute atomic E-state index is 0.195. The van der Waals surface area contributed by atoms with Gasteiger partial charge in [0.15, 0.2) is 5.82 Å². The summed E-state index contributed by atoms with van der Waals surface area (Å²) in [5, 5.41) is 16.1. The Hall–Kier alpha value is -2.01. The smallest absolute Gasteiger partial charge is 0.150 e. The molecule has 0 amide bonds. The van der Waals surface area contributed by atoms with Crippen LogP contribution in [-0.2, 0) is 0 Å². The summed E-state index contributed by atoms with van der Waals surface area (Å²) in [6, 6.07) is 9.82. The van der Waals surface area contributed by atoms with Gasteiger partial charge in [0.05, 0.1) is 12.8 Å². The molecule has 19 heavy (non-hydrogen) atoms. The molecule has 0 saturated heterocycles. The Morgan fingerprint density at radius 3 is 2.68 bits per heavy atom. The number of methoxy groups -OCH3 is 1. The van der Waals surface area contributed by atoms with Gasteiger partial charge in [0.25, 0.3) is 0 Å². The van der Waals surface area contributed by atoms with Crippen LogP contribution in [0, 0.1) is 0 Å². The van der Waals surface area contributed by atoms with Gasteiger partial charge in [-0.25, -0.2) is 0 Å². The molecule has 1 aromatic carbocycles. The third kappa shape index (κ3) is 3.26. The van der Waals surface area contributed by atoms with E-state index in [1.54, 1.807) is 7.11 Å². The van der Waals surface area contributed by atoms with E-state index in [4.69, 9.17) is 9.84 Å². The number of benzene rings is 1. The standard InChI is InChI=1S/C14H19N3O2/c1-17(8-3-9-18)14-10-13(15-16-14)11-4-6-12(19-2)7-5-11/h4-7,10,18H,3,8-9H2,1-2H3,(H,15,16). The highest BCUT2D eigenvalue weighted by Crippen LogP contribution is 2.23. The average Bonchev–Trinajstić information content (AvgIpc) is 2.94. The molecule has 5 heteroatoms. The molecule has 0 atom stereocenters. The van der Waals surface area contributed by atoms with Gasteiger partial charge < -0.3 is 14.7 Å². The summed E-state index contributed by atoms with van der Waals surface area (Å²) in [4.78, 5) is 2.01. The third-order valence-electron chi connectivity index (χ3n) is 3.01. The molecule has 2 aromatic rings. The van der Waals surface area contributed by atoms with Crippen LogP contribution >= 0.6 is 0 Å². The minimum Gasteiger partial charge on any atom is -0.497 e. The van der Waals surface area contributed by atoms with Crippen molar-refractivity contribution in [3.05, 3.63) is 30.3 Å². The number of aromatic amines is 1. The van der Waals surface area contributed by atoms with E-state index in [-0.39, 0.29) is 6.61 Å². The summed E-state index contributed by atoms with van der Waals surface area (Å²) >= 11 is 0. The topological polar surface area (TPSA) is 61.4 Å². The summed E-state index contributed by atoms with van der Waals surface area (Å²) in [5.41, 5.74) is 2.03. The number of anilines is 1. The summed E-state index contributed by atoms with van der Waals surface area (Å²) < 4.78 is 5.14. The molecule has 0 fully saturated rings. The van der Waals surface area contributed by atoms with E-state index in [9.17, 15) is 0 Å². The van der Waals surface area contributed by atoms with Gasteiger partial charge >= 0.3 is 0 Å². The van der Waals surface area contributed by atoms with Gasteiger partial charge in [-0.2, -0.15) is 5.10 Å². The van der Waals surface area contributed by atoms with Crippen molar-refractivity contribution < 1.29 is 9.84 Å². The highest BCUT2D eigenvalue weighted by atomic mass is 16.5. The van der Waals surface area contributed by atoms with Gasteiger partial charge in [-0.3, -0.25) is 5.10 Å². The van der Waals surface area contributed by atoms with E-state index in [1.165, 1.54) is 0 Å². The molecule has 1 heterocycles. The molecular weight excluding hydrogens is 242 g/mol. The van der Waals surface area contributed by atoms with Gasteiger partial charge in [0.1, 0.15) is 5.75 Å². The SMILES string of the molecule is COc1ccc(-c2cc(N(C)CCCO)n[nH]2)cc1. The molecule has 0 aliphatic heterocycles. The lowest BCUT2D eigenvalue weighted by Crippen LogP contribution is -2.19. The van der Waals surface area contributed by atoms with E-state index in [1.807, 2.05) is 42.3 Å². The Bertz CT molecular complexity index is 508. The van der Waals surface area contributed by atoms with E-state index < -0.39 is 0 Å². The zero-order chi connectivity index (χ0) is 13.7. The first-order chi connectivity index (χ1) is 9.24. The molecule has 5 nitrogen and oxygen atoms in total. The van der Waals surface area contributed by atoms with Crippen LogP contribution in [-0.4, -0.2) is 42.6 Å². The lowest BCUT2D eigenvalue weighted by molar-refractivity contribution is 0.290. The maximum atomic E-state index is 8.83. The normalized spacial score (nSPS) is 10.5. The van der Waals surface area contributed by atoms with Crippen LogP contribution in [0.5, 0.6) is 5.75 Å². The number of rotatable bonds is 6. The molecular formula is C14H19N3O2. The predicted molar refractivity (Wildman–Crippen MR) is 75.5 cm³/mol. The van der Waals surface area contributed by atoms with Crippen LogP contribution in [0.15, 0.2) is 30.3 Å². The number of aliphatic hydroxyl groups excluding tert-OH is 1. The monoisotopic (exact) mass is 261 g/mol. The molecule has 0 saturated carbocycles. The summed E-state index contributed by atoms with van der Waals surface area (Å²) in [7, 11) is 3.61. The fraction of sp³-hybridized carbons (Fsp3) is 0.357. The van der Waals surface area contributed by atoms with Gasteiger partial charge in [-0.1, -0.05) is 0 Å². The maximum absolute atomic E-state index is 8.83. The van der Waals surface area contributed by atoms with Crippen LogP contribution in [0.4, 0.5) is 5.82 Å². The Morgan fingerprint density at radius 2 is 2.05 bits per heavy atom. The van der Waals surface area contributed by atoms with Crippen molar-refractivity contribution in [2.75, 3.05) is 32.2 Å². The maximum Gasteiger partial charge on any atom is 0.150 e. The van der Waals surface area contributed by atoms with Crippen molar-refractivity contribution in [3.63, 3.8) is 0 Å². The Kier molecular flexibility index (Phi) is 4.41. The highest BCUT2D eigenvalue weighted by Gasteiger charge is 2.07. The second-order valence-corrected chi connectivity index (χ2v) is 4.37. The number of hydrogen-bond donors (Lipinski definition) is 2. The lowest BCUT2D eigenvalue weighted by Gasteiger charge is -2.14. The van der Waals surface area contributed by atoms with Gasteiger partial charge in [0, 0.05) is 26.3 Å². The van der Waals surface area contributed by atoms with E-state index in [0.717, 1.165) is 35.8 Å². The first-order valence-electron chi connectivity index (χ1n) is 6.26. The van der Waals surface area contributed by atoms with Crippen LogP contribution in [0.1, 0.15) is 6.42 Å². The van der Waals surface area contributed by atoms with Crippen molar-refractivity contribution in [1.82, 2.24) is 10.2 Å². The first-order valence-corrected chi connectivity index (χ1v) is 6.26. The third-order valence-corrected chi connectivity index (χ3v) is 3.01. The first kappa shape index (κ1) is 13.4. The average molecular weight is 261 g/mol.